The zero-order chi connectivity index (χ0) is 20.4. The van der Waals surface area contributed by atoms with Crippen molar-refractivity contribution in [2.24, 2.45) is 0 Å². The number of hydrogen-bond acceptors (Lipinski definition) is 4. The molecule has 0 saturated carbocycles. The minimum absolute atomic E-state index is 0.384. The molecule has 148 valence electrons. The Bertz CT molecular complexity index is 1170. The lowest BCUT2D eigenvalue weighted by Gasteiger charge is -2.09. The van der Waals surface area contributed by atoms with Crippen molar-refractivity contribution in [1.29, 1.82) is 0 Å². The molecule has 0 aromatic carbocycles. The van der Waals surface area contributed by atoms with Gasteiger partial charge in [-0.3, -0.25) is 0 Å². The van der Waals surface area contributed by atoms with Gasteiger partial charge in [0, 0.05) is 35.5 Å². The van der Waals surface area contributed by atoms with Crippen LogP contribution in [0.1, 0.15) is 27.9 Å². The fraction of sp³-hybridized carbons (Fsp3) is 0.227. The maximum absolute atomic E-state index is 13.5. The molecule has 4 aromatic heterocycles. The second-order valence-corrected chi connectivity index (χ2v) is 7.33. The molecule has 1 N–H and O–H groups in total. The summed E-state index contributed by atoms with van der Waals surface area (Å²) in [6, 6.07) is 7.51. The molecular weight excluding hydrogens is 391 g/mol. The number of aromatic amines is 1. The van der Waals surface area contributed by atoms with Gasteiger partial charge in [-0.1, -0.05) is 17.7 Å². The summed E-state index contributed by atoms with van der Waals surface area (Å²) in [5.74, 6) is 0.0444. The second kappa shape index (κ2) is 8.17. The van der Waals surface area contributed by atoms with Gasteiger partial charge in [0.05, 0.1) is 13.3 Å². The van der Waals surface area contributed by atoms with E-state index >= 15 is 0 Å². The predicted octanol–water partition coefficient (Wildman–Crippen LogP) is 4.84. The number of nitrogens with one attached hydrogen (secondary N) is 1. The monoisotopic (exact) mass is 410 g/mol. The van der Waals surface area contributed by atoms with Crippen molar-refractivity contribution in [2.45, 2.75) is 26.2 Å². The Kier molecular flexibility index (Phi) is 5.45. The van der Waals surface area contributed by atoms with Crippen LogP contribution < -0.4 is 4.74 Å². The normalized spacial score (nSPS) is 11.2. The molecule has 0 bridgehead atoms. The molecule has 4 heterocycles. The lowest BCUT2D eigenvalue weighted by molar-refractivity contribution is 0.390. The summed E-state index contributed by atoms with van der Waals surface area (Å²) < 4.78 is 18.7. The maximum Gasteiger partial charge on any atom is 0.216 e. The van der Waals surface area contributed by atoms with Gasteiger partial charge < -0.3 is 9.72 Å². The molecule has 0 aliphatic heterocycles. The molecule has 0 fully saturated rings. The van der Waals surface area contributed by atoms with E-state index in [-0.39, 0.29) is 5.82 Å². The van der Waals surface area contributed by atoms with E-state index in [9.17, 15) is 4.39 Å². The van der Waals surface area contributed by atoms with E-state index in [0.717, 1.165) is 39.6 Å². The molecule has 0 aliphatic carbocycles. The van der Waals surface area contributed by atoms with Gasteiger partial charge in [-0.25, -0.2) is 19.3 Å². The van der Waals surface area contributed by atoms with Crippen molar-refractivity contribution < 1.29 is 9.13 Å². The van der Waals surface area contributed by atoms with Gasteiger partial charge >= 0.3 is 0 Å². The standard InChI is InChI=1S/C22H20ClFN4O/c1-13-7-19-16(11-26-21(19)25-10-13)8-14-3-5-18(28-20(14)23)6-4-15-9-17(24)12-27-22(15)29-2/h3,5,7,9-12H,4,6,8H2,1-2H3,(H,25,26). The number of nitrogens with zero attached hydrogens (tertiary/aromatic N) is 3. The van der Waals surface area contributed by atoms with Crippen LogP contribution in [0.25, 0.3) is 11.0 Å². The van der Waals surface area contributed by atoms with Gasteiger partial charge in [-0.15, -0.1) is 0 Å². The van der Waals surface area contributed by atoms with Gasteiger partial charge in [0.2, 0.25) is 5.88 Å². The highest BCUT2D eigenvalue weighted by Crippen LogP contribution is 2.24. The molecule has 0 spiro atoms. The molecular formula is C22H20ClFN4O. The molecule has 4 aromatic rings. The maximum atomic E-state index is 13.5. The Morgan fingerprint density at radius 3 is 2.72 bits per heavy atom. The number of H-pyrrole nitrogens is 1. The third kappa shape index (κ3) is 4.22. The first-order valence-corrected chi connectivity index (χ1v) is 9.66. The fourth-order valence-corrected chi connectivity index (χ4v) is 3.62. The molecule has 4 rings (SSSR count). The summed E-state index contributed by atoms with van der Waals surface area (Å²) >= 11 is 6.46. The second-order valence-electron chi connectivity index (χ2n) is 6.97. The minimum Gasteiger partial charge on any atom is -0.481 e. The molecule has 0 aliphatic rings. The van der Waals surface area contributed by atoms with Crippen LogP contribution in [0.5, 0.6) is 5.88 Å². The Hall–Kier alpha value is -2.99. The topological polar surface area (TPSA) is 63.7 Å². The van der Waals surface area contributed by atoms with Crippen LogP contribution in [0.4, 0.5) is 4.39 Å². The average molecular weight is 411 g/mol. The van der Waals surface area contributed by atoms with Crippen molar-refractivity contribution in [1.82, 2.24) is 19.9 Å². The van der Waals surface area contributed by atoms with Gasteiger partial charge in [0.15, 0.2) is 0 Å². The van der Waals surface area contributed by atoms with E-state index in [1.165, 1.54) is 13.2 Å². The van der Waals surface area contributed by atoms with Crippen LogP contribution >= 0.6 is 11.6 Å². The largest absolute Gasteiger partial charge is 0.481 e. The molecule has 0 saturated heterocycles. The quantitative estimate of drug-likeness (QED) is 0.462. The Labute approximate surface area is 173 Å². The van der Waals surface area contributed by atoms with Crippen LogP contribution in [0, 0.1) is 12.7 Å². The lowest BCUT2D eigenvalue weighted by atomic mass is 10.0. The average Bonchev–Trinajstić information content (AvgIpc) is 3.10. The molecule has 0 unspecified atom stereocenters. The van der Waals surface area contributed by atoms with Crippen LogP contribution in [0.2, 0.25) is 5.15 Å². The fourth-order valence-electron chi connectivity index (χ4n) is 3.38. The Balaban J connectivity index is 1.51. The van der Waals surface area contributed by atoms with Gasteiger partial charge in [-0.05, 0) is 54.7 Å². The zero-order valence-electron chi connectivity index (χ0n) is 16.2. The lowest BCUT2D eigenvalue weighted by Crippen LogP contribution is -2.01. The third-order valence-electron chi connectivity index (χ3n) is 4.85. The number of hydrogen-bond donors (Lipinski definition) is 1. The zero-order valence-corrected chi connectivity index (χ0v) is 16.9. The minimum atomic E-state index is -0.384. The predicted molar refractivity (Wildman–Crippen MR) is 111 cm³/mol. The number of pyridine rings is 3. The van der Waals surface area contributed by atoms with Gasteiger partial charge in [0.25, 0.3) is 0 Å². The summed E-state index contributed by atoms with van der Waals surface area (Å²) in [5, 5.41) is 1.57. The van der Waals surface area contributed by atoms with Crippen molar-refractivity contribution >= 4 is 22.6 Å². The molecule has 29 heavy (non-hydrogen) atoms. The highest BCUT2D eigenvalue weighted by atomic mass is 35.5. The summed E-state index contributed by atoms with van der Waals surface area (Å²) in [6.45, 7) is 2.02. The van der Waals surface area contributed by atoms with Crippen molar-refractivity contribution in [3.8, 4) is 5.88 Å². The first kappa shape index (κ1) is 19.3. The third-order valence-corrected chi connectivity index (χ3v) is 5.18. The SMILES string of the molecule is COc1ncc(F)cc1CCc1ccc(Cc2c[nH]c3ncc(C)cc23)c(Cl)n1. The van der Waals surface area contributed by atoms with E-state index in [4.69, 9.17) is 16.3 Å². The van der Waals surface area contributed by atoms with Crippen LogP contribution in [-0.2, 0) is 19.3 Å². The van der Waals surface area contributed by atoms with Crippen LogP contribution in [0.15, 0.2) is 42.9 Å². The molecule has 5 nitrogen and oxygen atoms in total. The van der Waals surface area contributed by atoms with Crippen LogP contribution in [-0.4, -0.2) is 27.0 Å². The molecule has 7 heteroatoms. The highest BCUT2D eigenvalue weighted by molar-refractivity contribution is 6.30. The van der Waals surface area contributed by atoms with Crippen LogP contribution in [0.3, 0.4) is 0 Å². The van der Waals surface area contributed by atoms with Crippen molar-refractivity contribution in [2.75, 3.05) is 7.11 Å². The number of rotatable bonds is 6. The Morgan fingerprint density at radius 1 is 1.07 bits per heavy atom. The van der Waals surface area contributed by atoms with Gasteiger partial charge in [0.1, 0.15) is 16.6 Å². The Morgan fingerprint density at radius 2 is 1.93 bits per heavy atom. The number of halogens is 2. The van der Waals surface area contributed by atoms with E-state index in [0.29, 0.717) is 35.9 Å². The number of ether oxygens (including phenoxy) is 1. The summed E-state index contributed by atoms with van der Waals surface area (Å²) in [6.07, 6.45) is 6.79. The molecule has 0 atom stereocenters. The molecule has 0 radical (unpaired) electrons. The van der Waals surface area contributed by atoms with Crippen molar-refractivity contribution in [3.05, 3.63) is 81.8 Å². The summed E-state index contributed by atoms with van der Waals surface area (Å²) in [7, 11) is 1.52. The van der Waals surface area contributed by atoms with Crippen molar-refractivity contribution in [3.63, 3.8) is 0 Å². The van der Waals surface area contributed by atoms with E-state index in [1.807, 2.05) is 31.5 Å². The first-order chi connectivity index (χ1) is 14.0. The van der Waals surface area contributed by atoms with Gasteiger partial charge in [-0.2, -0.15) is 0 Å². The number of aromatic nitrogens is 4. The number of aryl methyl sites for hydroxylation is 3. The van der Waals surface area contributed by atoms with E-state index in [1.54, 1.807) is 0 Å². The number of fused-ring (bicyclic) bond motifs is 1. The molecule has 0 amide bonds. The first-order valence-electron chi connectivity index (χ1n) is 9.29. The highest BCUT2D eigenvalue weighted by Gasteiger charge is 2.11. The van der Waals surface area contributed by atoms with E-state index < -0.39 is 0 Å². The van der Waals surface area contributed by atoms with E-state index in [2.05, 4.69) is 26.0 Å². The summed E-state index contributed by atoms with van der Waals surface area (Å²) in [5.41, 5.74) is 5.59. The smallest absolute Gasteiger partial charge is 0.216 e. The number of methoxy groups -OCH3 is 1. The summed E-state index contributed by atoms with van der Waals surface area (Å²) in [4.78, 5) is 16.1.